The number of aromatic nitrogens is 2. The molecule has 2 rings (SSSR count). The minimum atomic E-state index is 0.319. The quantitative estimate of drug-likeness (QED) is 0.847. The summed E-state index contributed by atoms with van der Waals surface area (Å²) in [6.45, 7) is 2.20. The number of ether oxygens (including phenoxy) is 1. The van der Waals surface area contributed by atoms with E-state index in [2.05, 4.69) is 5.10 Å². The lowest BCUT2D eigenvalue weighted by Gasteiger charge is -2.08. The second kappa shape index (κ2) is 5.39. The van der Waals surface area contributed by atoms with E-state index in [4.69, 9.17) is 39.5 Å². The summed E-state index contributed by atoms with van der Waals surface area (Å²) in [5.41, 5.74) is 1.69. The van der Waals surface area contributed by atoms with E-state index in [9.17, 15) is 0 Å². The molecule has 1 aromatic carbocycles. The van der Waals surface area contributed by atoms with E-state index < -0.39 is 0 Å². The fourth-order valence-electron chi connectivity index (χ4n) is 1.58. The molecule has 0 aliphatic rings. The first-order valence-electron chi connectivity index (χ1n) is 5.25. The van der Waals surface area contributed by atoms with E-state index in [0.717, 1.165) is 11.3 Å². The summed E-state index contributed by atoms with van der Waals surface area (Å²) in [5.74, 6) is 0.570. The normalized spacial score (nSPS) is 10.7. The van der Waals surface area contributed by atoms with Crippen molar-refractivity contribution in [1.29, 1.82) is 0 Å². The highest BCUT2D eigenvalue weighted by Gasteiger charge is 2.12. The molecule has 0 aliphatic carbocycles. The van der Waals surface area contributed by atoms with Crippen LogP contribution < -0.4 is 4.74 Å². The highest BCUT2D eigenvalue weighted by molar-refractivity contribution is 6.35. The van der Waals surface area contributed by atoms with Crippen LogP contribution in [0.1, 0.15) is 11.3 Å². The lowest BCUT2D eigenvalue weighted by molar-refractivity contribution is 0.305. The van der Waals surface area contributed by atoms with Gasteiger partial charge < -0.3 is 4.74 Å². The fraction of sp³-hybridized carbons (Fsp3) is 0.250. The summed E-state index contributed by atoms with van der Waals surface area (Å²) in [7, 11) is 1.79. The molecule has 96 valence electrons. The molecule has 1 heterocycles. The van der Waals surface area contributed by atoms with Crippen LogP contribution in [0.3, 0.4) is 0 Å². The van der Waals surface area contributed by atoms with E-state index in [-0.39, 0.29) is 0 Å². The van der Waals surface area contributed by atoms with E-state index in [1.165, 1.54) is 0 Å². The molecule has 3 nitrogen and oxygen atoms in total. The molecule has 0 unspecified atom stereocenters. The van der Waals surface area contributed by atoms with Crippen LogP contribution in [0.15, 0.2) is 18.2 Å². The number of aryl methyl sites for hydroxylation is 2. The van der Waals surface area contributed by atoms with Crippen molar-refractivity contribution in [3.05, 3.63) is 44.7 Å². The maximum atomic E-state index is 6.11. The number of hydrogen-bond acceptors (Lipinski definition) is 2. The molecule has 0 spiro atoms. The molecule has 18 heavy (non-hydrogen) atoms. The second-order valence-corrected chi connectivity index (χ2v) is 5.04. The van der Waals surface area contributed by atoms with Crippen molar-refractivity contribution in [1.82, 2.24) is 9.78 Å². The van der Waals surface area contributed by atoms with Crippen LogP contribution in [0.2, 0.25) is 15.2 Å². The van der Waals surface area contributed by atoms with Gasteiger partial charge >= 0.3 is 0 Å². The Morgan fingerprint density at radius 3 is 2.56 bits per heavy atom. The van der Waals surface area contributed by atoms with Crippen molar-refractivity contribution in [2.45, 2.75) is 13.5 Å². The summed E-state index contributed by atoms with van der Waals surface area (Å²) in [6.07, 6.45) is 0. The van der Waals surface area contributed by atoms with E-state index in [1.54, 1.807) is 29.9 Å². The van der Waals surface area contributed by atoms with Crippen LogP contribution in [-0.4, -0.2) is 9.78 Å². The standard InChI is InChI=1S/C12H11Cl3N2O/c1-7-9(12(15)17(2)16-7)6-18-11-4-3-8(13)5-10(11)14/h3-5H,6H2,1-2H3. The van der Waals surface area contributed by atoms with E-state index in [0.29, 0.717) is 27.6 Å². The van der Waals surface area contributed by atoms with Gasteiger partial charge in [-0.25, -0.2) is 0 Å². The molecular weight excluding hydrogens is 295 g/mol. The maximum absolute atomic E-state index is 6.11. The van der Waals surface area contributed by atoms with Crippen molar-refractivity contribution >= 4 is 34.8 Å². The first-order valence-corrected chi connectivity index (χ1v) is 6.38. The minimum absolute atomic E-state index is 0.319. The summed E-state index contributed by atoms with van der Waals surface area (Å²) in [6, 6.07) is 5.08. The highest BCUT2D eigenvalue weighted by Crippen LogP contribution is 2.29. The molecule has 0 atom stereocenters. The lowest BCUT2D eigenvalue weighted by atomic mass is 10.3. The van der Waals surface area contributed by atoms with Gasteiger partial charge in [0.25, 0.3) is 0 Å². The zero-order valence-electron chi connectivity index (χ0n) is 9.88. The first kappa shape index (κ1) is 13.5. The summed E-state index contributed by atoms with van der Waals surface area (Å²) in [5, 5.41) is 5.82. The molecule has 0 amide bonds. The maximum Gasteiger partial charge on any atom is 0.138 e. The average molecular weight is 306 g/mol. The third-order valence-corrected chi connectivity index (χ3v) is 3.54. The van der Waals surface area contributed by atoms with Gasteiger partial charge in [0.1, 0.15) is 17.5 Å². The van der Waals surface area contributed by atoms with Crippen molar-refractivity contribution < 1.29 is 4.74 Å². The van der Waals surface area contributed by atoms with Gasteiger partial charge in [0.05, 0.1) is 10.7 Å². The molecule has 0 saturated carbocycles. The van der Waals surface area contributed by atoms with Gasteiger partial charge in [0, 0.05) is 17.6 Å². The van der Waals surface area contributed by atoms with Gasteiger partial charge in [-0.1, -0.05) is 34.8 Å². The van der Waals surface area contributed by atoms with Gasteiger partial charge in [-0.2, -0.15) is 5.10 Å². The van der Waals surface area contributed by atoms with Gasteiger partial charge in [-0.05, 0) is 25.1 Å². The monoisotopic (exact) mass is 304 g/mol. The number of rotatable bonds is 3. The molecule has 0 saturated heterocycles. The Labute approximate surface area is 120 Å². The average Bonchev–Trinajstić information content (AvgIpc) is 2.53. The molecule has 0 fully saturated rings. The van der Waals surface area contributed by atoms with Crippen LogP contribution in [0.5, 0.6) is 5.75 Å². The van der Waals surface area contributed by atoms with Crippen molar-refractivity contribution in [2.75, 3.05) is 0 Å². The minimum Gasteiger partial charge on any atom is -0.487 e. The van der Waals surface area contributed by atoms with Crippen LogP contribution in [-0.2, 0) is 13.7 Å². The Morgan fingerprint density at radius 2 is 2.00 bits per heavy atom. The highest BCUT2D eigenvalue weighted by atomic mass is 35.5. The predicted octanol–water partition coefficient (Wildman–Crippen LogP) is 4.27. The summed E-state index contributed by atoms with van der Waals surface area (Å²) < 4.78 is 7.23. The Hall–Kier alpha value is -0.900. The van der Waals surface area contributed by atoms with Crippen molar-refractivity contribution in [3.63, 3.8) is 0 Å². The topological polar surface area (TPSA) is 27.1 Å². The molecule has 0 radical (unpaired) electrons. The third-order valence-electron chi connectivity index (χ3n) is 2.54. The van der Waals surface area contributed by atoms with Crippen LogP contribution in [0, 0.1) is 6.92 Å². The van der Waals surface area contributed by atoms with Gasteiger partial charge in [0.2, 0.25) is 0 Å². The molecule has 2 aromatic rings. The van der Waals surface area contributed by atoms with E-state index >= 15 is 0 Å². The SMILES string of the molecule is Cc1nn(C)c(Cl)c1COc1ccc(Cl)cc1Cl. The lowest BCUT2D eigenvalue weighted by Crippen LogP contribution is -1.97. The molecule has 0 N–H and O–H groups in total. The summed E-state index contributed by atoms with van der Waals surface area (Å²) in [4.78, 5) is 0. The zero-order valence-corrected chi connectivity index (χ0v) is 12.1. The van der Waals surface area contributed by atoms with Crippen LogP contribution >= 0.6 is 34.8 Å². The Morgan fingerprint density at radius 1 is 1.28 bits per heavy atom. The first-order chi connectivity index (χ1) is 8.49. The fourth-order valence-corrected chi connectivity index (χ4v) is 2.27. The Balaban J connectivity index is 2.16. The number of nitrogens with zero attached hydrogens (tertiary/aromatic N) is 2. The number of halogens is 3. The largest absolute Gasteiger partial charge is 0.487 e. The molecule has 6 heteroatoms. The Bertz CT molecular complexity index is 581. The molecule has 0 aliphatic heterocycles. The summed E-state index contributed by atoms with van der Waals surface area (Å²) >= 11 is 17.9. The van der Waals surface area contributed by atoms with Gasteiger partial charge in [-0.15, -0.1) is 0 Å². The smallest absolute Gasteiger partial charge is 0.138 e. The van der Waals surface area contributed by atoms with Crippen LogP contribution in [0.25, 0.3) is 0 Å². The zero-order chi connectivity index (χ0) is 13.3. The van der Waals surface area contributed by atoms with Crippen molar-refractivity contribution in [3.8, 4) is 5.75 Å². The second-order valence-electron chi connectivity index (χ2n) is 3.84. The Kier molecular flexibility index (Phi) is 4.05. The molecular formula is C12H11Cl3N2O. The molecule has 0 bridgehead atoms. The van der Waals surface area contributed by atoms with Crippen LogP contribution in [0.4, 0.5) is 0 Å². The van der Waals surface area contributed by atoms with Gasteiger partial charge in [-0.3, -0.25) is 4.68 Å². The van der Waals surface area contributed by atoms with Gasteiger partial charge in [0.15, 0.2) is 0 Å². The van der Waals surface area contributed by atoms with Crippen molar-refractivity contribution in [2.24, 2.45) is 7.05 Å². The molecule has 1 aromatic heterocycles. The number of benzene rings is 1. The number of hydrogen-bond donors (Lipinski definition) is 0. The predicted molar refractivity (Wildman–Crippen MR) is 73.7 cm³/mol. The third kappa shape index (κ3) is 2.74. The van der Waals surface area contributed by atoms with E-state index in [1.807, 2.05) is 6.92 Å².